The van der Waals surface area contributed by atoms with Gasteiger partial charge in [-0.05, 0) is 50.6 Å². The molecule has 0 aliphatic heterocycles. The van der Waals surface area contributed by atoms with Crippen molar-refractivity contribution in [2.45, 2.75) is 33.3 Å². The van der Waals surface area contributed by atoms with Crippen LogP contribution in [-0.4, -0.2) is 43.4 Å². The van der Waals surface area contributed by atoms with E-state index in [1.807, 2.05) is 24.3 Å². The molecule has 0 aliphatic rings. The minimum atomic E-state index is -0.665. The summed E-state index contributed by atoms with van der Waals surface area (Å²) < 4.78 is 10.1. The fraction of sp³-hybridized carbons (Fsp3) is 0.381. The Balaban J connectivity index is 2.15. The second-order valence-corrected chi connectivity index (χ2v) is 7.27. The van der Waals surface area contributed by atoms with Crippen LogP contribution < -0.4 is 16.0 Å². The van der Waals surface area contributed by atoms with E-state index in [1.54, 1.807) is 39.8 Å². The van der Waals surface area contributed by atoms with E-state index in [1.165, 1.54) is 0 Å². The van der Waals surface area contributed by atoms with Crippen LogP contribution in [0.25, 0.3) is 10.8 Å². The second kappa shape index (κ2) is 9.77. The number of carbonyl (C=O) groups is 3. The van der Waals surface area contributed by atoms with E-state index in [0.717, 1.165) is 10.8 Å². The van der Waals surface area contributed by atoms with Gasteiger partial charge in [0.15, 0.2) is 0 Å². The summed E-state index contributed by atoms with van der Waals surface area (Å²) in [5.74, 6) is -0.382. The van der Waals surface area contributed by atoms with Crippen molar-refractivity contribution in [3.05, 3.63) is 42.0 Å². The first-order chi connectivity index (χ1) is 13.7. The number of ether oxygens (including phenoxy) is 2. The smallest absolute Gasteiger partial charge is 0.412 e. The van der Waals surface area contributed by atoms with E-state index in [2.05, 4.69) is 16.0 Å². The predicted octanol–water partition coefficient (Wildman–Crippen LogP) is 3.66. The zero-order valence-electron chi connectivity index (χ0n) is 17.1. The molecule has 0 bridgehead atoms. The van der Waals surface area contributed by atoms with Crippen molar-refractivity contribution in [1.29, 1.82) is 0 Å². The molecule has 2 aromatic rings. The van der Waals surface area contributed by atoms with Gasteiger partial charge in [-0.2, -0.15) is 0 Å². The number of hydrogen-bond donors (Lipinski definition) is 3. The minimum absolute atomic E-state index is 0.205. The van der Waals surface area contributed by atoms with Gasteiger partial charge in [0.2, 0.25) is 0 Å². The Morgan fingerprint density at radius 2 is 1.55 bits per heavy atom. The lowest BCUT2D eigenvalue weighted by Crippen LogP contribution is -2.35. The molecule has 0 atom stereocenters. The Bertz CT molecular complexity index is 890. The maximum atomic E-state index is 12.7. The van der Waals surface area contributed by atoms with Gasteiger partial charge in [0.05, 0.1) is 17.9 Å². The van der Waals surface area contributed by atoms with Crippen molar-refractivity contribution in [3.8, 4) is 0 Å². The highest BCUT2D eigenvalue weighted by Gasteiger charge is 2.19. The van der Waals surface area contributed by atoms with E-state index in [9.17, 15) is 14.4 Å². The summed E-state index contributed by atoms with van der Waals surface area (Å²) in [4.78, 5) is 36.2. The van der Waals surface area contributed by atoms with E-state index < -0.39 is 17.8 Å². The minimum Gasteiger partial charge on any atom is -0.450 e. The molecule has 3 N–H and O–H groups in total. The molecule has 0 radical (unpaired) electrons. The van der Waals surface area contributed by atoms with Crippen LogP contribution in [0.1, 0.15) is 38.1 Å². The maximum absolute atomic E-state index is 12.7. The van der Waals surface area contributed by atoms with Crippen LogP contribution in [0.15, 0.2) is 36.4 Å². The molecule has 29 heavy (non-hydrogen) atoms. The fourth-order valence-corrected chi connectivity index (χ4v) is 2.56. The molecule has 8 heteroatoms. The number of carbonyl (C=O) groups excluding carboxylic acids is 3. The molecule has 2 aromatic carbocycles. The molecule has 0 spiro atoms. The van der Waals surface area contributed by atoms with Crippen molar-refractivity contribution in [1.82, 2.24) is 10.6 Å². The highest BCUT2D eigenvalue weighted by Crippen LogP contribution is 2.25. The van der Waals surface area contributed by atoms with Gasteiger partial charge in [0.25, 0.3) is 5.91 Å². The Labute approximate surface area is 169 Å². The van der Waals surface area contributed by atoms with Crippen molar-refractivity contribution in [2.75, 3.05) is 25.0 Å². The van der Waals surface area contributed by atoms with Gasteiger partial charge in [-0.3, -0.25) is 10.1 Å². The van der Waals surface area contributed by atoms with Crippen LogP contribution in [0.2, 0.25) is 0 Å². The Morgan fingerprint density at radius 1 is 0.931 bits per heavy atom. The molecule has 0 unspecified atom stereocenters. The number of anilines is 1. The monoisotopic (exact) mass is 401 g/mol. The van der Waals surface area contributed by atoms with E-state index in [4.69, 9.17) is 9.47 Å². The molecule has 2 rings (SSSR count). The third kappa shape index (κ3) is 6.99. The van der Waals surface area contributed by atoms with Crippen LogP contribution >= 0.6 is 0 Å². The lowest BCUT2D eigenvalue weighted by molar-refractivity contribution is 0.0636. The number of alkyl carbamates (subject to hydrolysis) is 1. The Kier molecular flexibility index (Phi) is 7.41. The normalized spacial score (nSPS) is 10.9. The Hall–Kier alpha value is -3.29. The number of fused-ring (bicyclic) bond motifs is 1. The molecule has 0 heterocycles. The molecule has 0 saturated heterocycles. The number of benzene rings is 2. The molecule has 3 amide bonds. The zero-order chi connectivity index (χ0) is 21.4. The molecule has 0 saturated carbocycles. The average Bonchev–Trinajstić information content (AvgIpc) is 2.63. The summed E-state index contributed by atoms with van der Waals surface area (Å²) in [6, 6.07) is 10.9. The number of hydrogen-bond acceptors (Lipinski definition) is 5. The standard InChI is InChI=1S/C21H27N3O5/c1-5-28-19(26)23-11-10-22-18(25)16-12-14-8-6-7-9-15(14)13-17(16)24-20(27)29-21(2,3)4/h6-9,12-13H,5,10-11H2,1-4H3,(H,22,25)(H,23,26)(H,24,27). The molecule has 156 valence electrons. The van der Waals surface area contributed by atoms with Gasteiger partial charge < -0.3 is 20.1 Å². The summed E-state index contributed by atoms with van der Waals surface area (Å²) in [6.07, 6.45) is -1.19. The van der Waals surface area contributed by atoms with Crippen molar-refractivity contribution in [2.24, 2.45) is 0 Å². The van der Waals surface area contributed by atoms with Crippen LogP contribution in [0.5, 0.6) is 0 Å². The van der Waals surface area contributed by atoms with Crippen LogP contribution in [0.3, 0.4) is 0 Å². The molecule has 8 nitrogen and oxygen atoms in total. The fourth-order valence-electron chi connectivity index (χ4n) is 2.56. The van der Waals surface area contributed by atoms with Crippen LogP contribution in [0.4, 0.5) is 15.3 Å². The highest BCUT2D eigenvalue weighted by molar-refractivity contribution is 6.07. The van der Waals surface area contributed by atoms with E-state index in [0.29, 0.717) is 11.3 Å². The number of nitrogens with one attached hydrogen (secondary N) is 3. The maximum Gasteiger partial charge on any atom is 0.412 e. The zero-order valence-corrected chi connectivity index (χ0v) is 17.1. The first kappa shape index (κ1) is 22.0. The van der Waals surface area contributed by atoms with Crippen molar-refractivity contribution in [3.63, 3.8) is 0 Å². The van der Waals surface area contributed by atoms with E-state index in [-0.39, 0.29) is 25.6 Å². The lowest BCUT2D eigenvalue weighted by atomic mass is 10.0. The summed E-state index contributed by atoms with van der Waals surface area (Å²) in [6.45, 7) is 7.68. The van der Waals surface area contributed by atoms with Crippen LogP contribution in [-0.2, 0) is 9.47 Å². The topological polar surface area (TPSA) is 106 Å². The van der Waals surface area contributed by atoms with Gasteiger partial charge in [0, 0.05) is 13.1 Å². The molecule has 0 aliphatic carbocycles. The third-order valence-corrected chi connectivity index (χ3v) is 3.72. The van der Waals surface area contributed by atoms with Crippen molar-refractivity contribution < 1.29 is 23.9 Å². The number of amides is 3. The number of rotatable bonds is 6. The van der Waals surface area contributed by atoms with E-state index >= 15 is 0 Å². The van der Waals surface area contributed by atoms with Gasteiger partial charge in [-0.1, -0.05) is 24.3 Å². The van der Waals surface area contributed by atoms with Gasteiger partial charge >= 0.3 is 12.2 Å². The molecular formula is C21H27N3O5. The summed E-state index contributed by atoms with van der Waals surface area (Å²) in [7, 11) is 0. The van der Waals surface area contributed by atoms with Gasteiger partial charge in [-0.25, -0.2) is 9.59 Å². The quantitative estimate of drug-likeness (QED) is 0.641. The van der Waals surface area contributed by atoms with Gasteiger partial charge in [-0.15, -0.1) is 0 Å². The van der Waals surface area contributed by atoms with Crippen LogP contribution in [0, 0.1) is 0 Å². The summed E-state index contributed by atoms with van der Waals surface area (Å²) >= 11 is 0. The first-order valence-corrected chi connectivity index (χ1v) is 9.41. The molecular weight excluding hydrogens is 374 g/mol. The first-order valence-electron chi connectivity index (χ1n) is 9.41. The molecule has 0 aromatic heterocycles. The summed E-state index contributed by atoms with van der Waals surface area (Å²) in [5.41, 5.74) is -0.0261. The predicted molar refractivity (Wildman–Crippen MR) is 111 cm³/mol. The largest absolute Gasteiger partial charge is 0.450 e. The third-order valence-electron chi connectivity index (χ3n) is 3.72. The lowest BCUT2D eigenvalue weighted by Gasteiger charge is -2.20. The van der Waals surface area contributed by atoms with Crippen molar-refractivity contribution >= 4 is 34.6 Å². The second-order valence-electron chi connectivity index (χ2n) is 7.27. The Morgan fingerprint density at radius 3 is 2.17 bits per heavy atom. The highest BCUT2D eigenvalue weighted by atomic mass is 16.6. The average molecular weight is 401 g/mol. The molecule has 0 fully saturated rings. The SMILES string of the molecule is CCOC(=O)NCCNC(=O)c1cc2ccccc2cc1NC(=O)OC(C)(C)C. The summed E-state index contributed by atoms with van der Waals surface area (Å²) in [5, 5.41) is 9.63. The van der Waals surface area contributed by atoms with Gasteiger partial charge in [0.1, 0.15) is 5.60 Å².